The second-order valence-corrected chi connectivity index (χ2v) is 7.55. The first-order valence-corrected chi connectivity index (χ1v) is 10.1. The summed E-state index contributed by atoms with van der Waals surface area (Å²) in [6, 6.07) is 11.1. The van der Waals surface area contributed by atoms with Crippen molar-refractivity contribution in [2.45, 2.75) is 58.0 Å². The predicted molar refractivity (Wildman–Crippen MR) is 109 cm³/mol. The second kappa shape index (κ2) is 9.53. The van der Waals surface area contributed by atoms with Gasteiger partial charge in [-0.2, -0.15) is 5.10 Å². The Morgan fingerprint density at radius 1 is 1.18 bits per heavy atom. The highest BCUT2D eigenvalue weighted by Crippen LogP contribution is 2.24. The summed E-state index contributed by atoms with van der Waals surface area (Å²) in [5.74, 6) is 1.39. The number of methoxy groups -OCH3 is 1. The van der Waals surface area contributed by atoms with E-state index in [9.17, 15) is 9.59 Å². The number of carbonyl (C=O) groups excluding carboxylic acids is 1. The van der Waals surface area contributed by atoms with E-state index >= 15 is 0 Å². The maximum Gasteiger partial charge on any atom is 0.266 e. The van der Waals surface area contributed by atoms with Gasteiger partial charge < -0.3 is 10.1 Å². The molecule has 1 fully saturated rings. The number of benzene rings is 1. The zero-order valence-corrected chi connectivity index (χ0v) is 16.7. The number of aryl methyl sites for hydroxylation is 1. The van der Waals surface area contributed by atoms with E-state index in [0.29, 0.717) is 31.3 Å². The van der Waals surface area contributed by atoms with Crippen LogP contribution in [0.3, 0.4) is 0 Å². The number of rotatable bonds is 7. The molecule has 0 radical (unpaired) electrons. The van der Waals surface area contributed by atoms with E-state index in [0.717, 1.165) is 23.4 Å². The van der Waals surface area contributed by atoms with Crippen LogP contribution in [0.4, 0.5) is 0 Å². The van der Waals surface area contributed by atoms with Crippen LogP contribution >= 0.6 is 0 Å². The summed E-state index contributed by atoms with van der Waals surface area (Å²) in [4.78, 5) is 24.4. The lowest BCUT2D eigenvalue weighted by molar-refractivity contribution is -0.122. The molecule has 1 heterocycles. The highest BCUT2D eigenvalue weighted by atomic mass is 16.5. The minimum absolute atomic E-state index is 0.0677. The molecule has 6 nitrogen and oxygen atoms in total. The molecular weight excluding hydrogens is 354 g/mol. The van der Waals surface area contributed by atoms with Gasteiger partial charge in [0.05, 0.1) is 12.8 Å². The maximum atomic E-state index is 12.3. The van der Waals surface area contributed by atoms with Crippen molar-refractivity contribution in [2.75, 3.05) is 7.11 Å². The van der Waals surface area contributed by atoms with Gasteiger partial charge in [0.25, 0.3) is 5.56 Å². The van der Waals surface area contributed by atoms with Gasteiger partial charge in [0, 0.05) is 30.6 Å². The van der Waals surface area contributed by atoms with Crippen LogP contribution in [0, 0.1) is 5.92 Å². The molecule has 1 N–H and O–H groups in total. The van der Waals surface area contributed by atoms with Gasteiger partial charge >= 0.3 is 0 Å². The Bertz CT molecular complexity index is 845. The van der Waals surface area contributed by atoms with E-state index in [1.807, 2.05) is 24.3 Å². The van der Waals surface area contributed by atoms with Gasteiger partial charge in [0.15, 0.2) is 0 Å². The van der Waals surface area contributed by atoms with Crippen molar-refractivity contribution in [3.8, 4) is 17.0 Å². The number of carbonyl (C=O) groups is 1. The largest absolute Gasteiger partial charge is 0.497 e. The average Bonchev–Trinajstić information content (AvgIpc) is 2.71. The van der Waals surface area contributed by atoms with Gasteiger partial charge in [-0.1, -0.05) is 19.8 Å². The lowest BCUT2D eigenvalue weighted by Gasteiger charge is -2.29. The first kappa shape index (κ1) is 20.1. The monoisotopic (exact) mass is 383 g/mol. The van der Waals surface area contributed by atoms with E-state index in [4.69, 9.17) is 4.74 Å². The third kappa shape index (κ3) is 5.21. The molecule has 1 aliphatic carbocycles. The summed E-state index contributed by atoms with van der Waals surface area (Å²) < 4.78 is 6.61. The summed E-state index contributed by atoms with van der Waals surface area (Å²) in [5.41, 5.74) is 1.49. The van der Waals surface area contributed by atoms with Crippen molar-refractivity contribution in [1.82, 2.24) is 15.1 Å². The zero-order valence-electron chi connectivity index (χ0n) is 16.7. The number of hydrogen-bond acceptors (Lipinski definition) is 4. The minimum atomic E-state index is -0.154. The van der Waals surface area contributed by atoms with Gasteiger partial charge in [0.1, 0.15) is 5.75 Å². The summed E-state index contributed by atoms with van der Waals surface area (Å²) in [5, 5.41) is 7.61. The first-order valence-electron chi connectivity index (χ1n) is 10.1. The molecule has 1 saturated carbocycles. The van der Waals surface area contributed by atoms with Gasteiger partial charge in [-0.15, -0.1) is 0 Å². The molecule has 2 aromatic rings. The number of ether oxygens (including phenoxy) is 1. The predicted octanol–water partition coefficient (Wildman–Crippen LogP) is 3.39. The van der Waals surface area contributed by atoms with Crippen LogP contribution in [0.25, 0.3) is 11.3 Å². The second-order valence-electron chi connectivity index (χ2n) is 7.55. The molecule has 2 unspecified atom stereocenters. The van der Waals surface area contributed by atoms with Crippen molar-refractivity contribution >= 4 is 5.91 Å². The molecular formula is C22H29N3O3. The topological polar surface area (TPSA) is 73.2 Å². The van der Waals surface area contributed by atoms with Crippen molar-refractivity contribution < 1.29 is 9.53 Å². The SMILES string of the molecule is COc1ccc(-c2ccc(=O)n(CCCC(=O)NC3CCCCC3C)n2)cc1. The van der Waals surface area contributed by atoms with Crippen LogP contribution in [0.2, 0.25) is 0 Å². The van der Waals surface area contributed by atoms with Crippen molar-refractivity contribution in [3.63, 3.8) is 0 Å². The Labute approximate surface area is 165 Å². The summed E-state index contributed by atoms with van der Waals surface area (Å²) in [6.07, 6.45) is 5.69. The summed E-state index contributed by atoms with van der Waals surface area (Å²) in [7, 11) is 1.62. The lowest BCUT2D eigenvalue weighted by Crippen LogP contribution is -2.41. The molecule has 1 aromatic carbocycles. The molecule has 2 atom stereocenters. The number of aromatic nitrogens is 2. The Morgan fingerprint density at radius 2 is 1.93 bits per heavy atom. The Kier molecular flexibility index (Phi) is 6.85. The fraction of sp³-hybridized carbons (Fsp3) is 0.500. The fourth-order valence-electron chi connectivity index (χ4n) is 3.72. The Hall–Kier alpha value is -2.63. The number of amides is 1. The molecule has 28 heavy (non-hydrogen) atoms. The van der Waals surface area contributed by atoms with Crippen LogP contribution in [0.1, 0.15) is 45.4 Å². The fourth-order valence-corrected chi connectivity index (χ4v) is 3.72. The Morgan fingerprint density at radius 3 is 2.64 bits per heavy atom. The van der Waals surface area contributed by atoms with Crippen LogP contribution in [-0.2, 0) is 11.3 Å². The first-order chi connectivity index (χ1) is 13.6. The maximum absolute atomic E-state index is 12.3. The highest BCUT2D eigenvalue weighted by molar-refractivity contribution is 5.76. The van der Waals surface area contributed by atoms with Gasteiger partial charge in [-0.3, -0.25) is 9.59 Å². The van der Waals surface area contributed by atoms with Crippen molar-refractivity contribution in [3.05, 3.63) is 46.8 Å². The molecule has 3 rings (SSSR count). The smallest absolute Gasteiger partial charge is 0.266 e. The normalized spacial score (nSPS) is 19.2. The van der Waals surface area contributed by atoms with Gasteiger partial charge in [0.2, 0.25) is 5.91 Å². The van der Waals surface area contributed by atoms with Crippen LogP contribution in [0.5, 0.6) is 5.75 Å². The van der Waals surface area contributed by atoms with Gasteiger partial charge in [-0.25, -0.2) is 4.68 Å². The van der Waals surface area contributed by atoms with Crippen LogP contribution in [-0.4, -0.2) is 28.8 Å². The molecule has 1 amide bonds. The number of nitrogens with one attached hydrogen (secondary N) is 1. The molecule has 150 valence electrons. The number of hydrogen-bond donors (Lipinski definition) is 1. The van der Waals surface area contributed by atoms with E-state index in [2.05, 4.69) is 17.3 Å². The standard InChI is InChI=1S/C22H29N3O3/c1-16-6-3-4-7-19(16)23-21(26)8-5-15-25-22(27)14-13-20(24-25)17-9-11-18(28-2)12-10-17/h9-14,16,19H,3-8,15H2,1-2H3,(H,23,26). The summed E-state index contributed by atoms with van der Waals surface area (Å²) >= 11 is 0. The molecule has 0 bridgehead atoms. The molecule has 0 saturated heterocycles. The van der Waals surface area contributed by atoms with E-state index in [1.165, 1.54) is 30.0 Å². The third-order valence-electron chi connectivity index (χ3n) is 5.48. The van der Waals surface area contributed by atoms with E-state index < -0.39 is 0 Å². The van der Waals surface area contributed by atoms with E-state index in [1.54, 1.807) is 13.2 Å². The highest BCUT2D eigenvalue weighted by Gasteiger charge is 2.22. The molecule has 1 aliphatic rings. The third-order valence-corrected chi connectivity index (χ3v) is 5.48. The average molecular weight is 383 g/mol. The van der Waals surface area contributed by atoms with Crippen LogP contribution in [0.15, 0.2) is 41.2 Å². The van der Waals surface area contributed by atoms with Crippen molar-refractivity contribution in [1.29, 1.82) is 0 Å². The summed E-state index contributed by atoms with van der Waals surface area (Å²) in [6.45, 7) is 2.63. The van der Waals surface area contributed by atoms with Crippen LogP contribution < -0.4 is 15.6 Å². The molecule has 0 spiro atoms. The number of nitrogens with zero attached hydrogens (tertiary/aromatic N) is 2. The Balaban J connectivity index is 1.56. The van der Waals surface area contributed by atoms with Crippen molar-refractivity contribution in [2.24, 2.45) is 5.92 Å². The quantitative estimate of drug-likeness (QED) is 0.795. The molecule has 6 heteroatoms. The molecule has 0 aliphatic heterocycles. The van der Waals surface area contributed by atoms with Gasteiger partial charge in [-0.05, 0) is 55.5 Å². The van der Waals surface area contributed by atoms with E-state index in [-0.39, 0.29) is 11.5 Å². The molecule has 1 aromatic heterocycles. The minimum Gasteiger partial charge on any atom is -0.497 e. The lowest BCUT2D eigenvalue weighted by atomic mass is 9.86. The zero-order chi connectivity index (χ0) is 19.9.